The molecule has 0 aliphatic carbocycles. The van der Waals surface area contributed by atoms with E-state index in [2.05, 4.69) is 50.2 Å². The van der Waals surface area contributed by atoms with E-state index < -0.39 is 0 Å². The van der Waals surface area contributed by atoms with Gasteiger partial charge in [-0.3, -0.25) is 0 Å². The third kappa shape index (κ3) is 3.20. The number of ether oxygens (including phenoxy) is 1. The van der Waals surface area contributed by atoms with E-state index in [0.717, 1.165) is 42.6 Å². The van der Waals surface area contributed by atoms with E-state index in [1.54, 1.807) is 0 Å². The van der Waals surface area contributed by atoms with Crippen LogP contribution in [0.4, 0.5) is 11.6 Å². The van der Waals surface area contributed by atoms with Crippen LogP contribution in [0.25, 0.3) is 0 Å². The second kappa shape index (κ2) is 6.39. The van der Waals surface area contributed by atoms with Gasteiger partial charge >= 0.3 is 0 Å². The Labute approximate surface area is 121 Å². The van der Waals surface area contributed by atoms with Crippen LogP contribution < -0.4 is 10.6 Å². The molecule has 2 heterocycles. The SMILES string of the molecule is CCNc1nc(C(C)C)nc(NC2CCOC2C)c1C. The summed E-state index contributed by atoms with van der Waals surface area (Å²) in [6.07, 6.45) is 1.26. The molecule has 1 fully saturated rings. The summed E-state index contributed by atoms with van der Waals surface area (Å²) in [6, 6.07) is 0.332. The van der Waals surface area contributed by atoms with Gasteiger partial charge in [0.25, 0.3) is 0 Å². The average Bonchev–Trinajstić information content (AvgIpc) is 2.79. The van der Waals surface area contributed by atoms with E-state index in [-0.39, 0.29) is 6.10 Å². The van der Waals surface area contributed by atoms with Gasteiger partial charge in [0.05, 0.1) is 12.1 Å². The molecule has 5 heteroatoms. The number of nitrogens with zero attached hydrogens (tertiary/aromatic N) is 2. The van der Waals surface area contributed by atoms with Crippen LogP contribution in [0.3, 0.4) is 0 Å². The van der Waals surface area contributed by atoms with Gasteiger partial charge in [-0.05, 0) is 27.2 Å². The van der Waals surface area contributed by atoms with Crippen LogP contribution in [-0.4, -0.2) is 35.3 Å². The Morgan fingerprint density at radius 1 is 1.30 bits per heavy atom. The summed E-state index contributed by atoms with van der Waals surface area (Å²) in [7, 11) is 0. The molecule has 0 aromatic carbocycles. The van der Waals surface area contributed by atoms with Crippen LogP contribution in [-0.2, 0) is 4.74 Å². The molecule has 1 aliphatic heterocycles. The zero-order valence-electron chi connectivity index (χ0n) is 13.2. The first kappa shape index (κ1) is 15.0. The summed E-state index contributed by atoms with van der Waals surface area (Å²) in [5.74, 6) is 3.05. The van der Waals surface area contributed by atoms with Gasteiger partial charge in [0.1, 0.15) is 17.5 Å². The number of anilines is 2. The molecule has 2 N–H and O–H groups in total. The molecule has 2 atom stereocenters. The molecular weight excluding hydrogens is 252 g/mol. The van der Waals surface area contributed by atoms with Gasteiger partial charge in [-0.25, -0.2) is 9.97 Å². The van der Waals surface area contributed by atoms with Crippen LogP contribution >= 0.6 is 0 Å². The van der Waals surface area contributed by atoms with E-state index in [1.165, 1.54) is 0 Å². The summed E-state index contributed by atoms with van der Waals surface area (Å²) in [5.41, 5.74) is 1.08. The fourth-order valence-corrected chi connectivity index (χ4v) is 2.37. The summed E-state index contributed by atoms with van der Waals surface area (Å²) in [5, 5.41) is 6.86. The molecule has 5 nitrogen and oxygen atoms in total. The molecule has 2 rings (SSSR count). The van der Waals surface area contributed by atoms with E-state index in [9.17, 15) is 0 Å². The van der Waals surface area contributed by atoms with Crippen molar-refractivity contribution in [2.24, 2.45) is 0 Å². The summed E-state index contributed by atoms with van der Waals surface area (Å²) >= 11 is 0. The predicted octanol–water partition coefficient (Wildman–Crippen LogP) is 2.93. The first-order valence-corrected chi connectivity index (χ1v) is 7.53. The van der Waals surface area contributed by atoms with Gasteiger partial charge in [0.15, 0.2) is 0 Å². The topological polar surface area (TPSA) is 59.1 Å². The maximum Gasteiger partial charge on any atom is 0.135 e. The van der Waals surface area contributed by atoms with E-state index in [4.69, 9.17) is 9.72 Å². The van der Waals surface area contributed by atoms with E-state index in [1.807, 2.05) is 0 Å². The largest absolute Gasteiger partial charge is 0.376 e. The summed E-state index contributed by atoms with van der Waals surface area (Å²) in [6.45, 7) is 12.2. The molecule has 0 spiro atoms. The molecule has 0 bridgehead atoms. The first-order valence-electron chi connectivity index (χ1n) is 7.53. The summed E-state index contributed by atoms with van der Waals surface area (Å²) < 4.78 is 5.61. The van der Waals surface area contributed by atoms with Crippen molar-refractivity contribution in [1.82, 2.24) is 9.97 Å². The van der Waals surface area contributed by atoms with Gasteiger partial charge in [-0.2, -0.15) is 0 Å². The lowest BCUT2D eigenvalue weighted by Gasteiger charge is -2.21. The Kier molecular flexibility index (Phi) is 4.81. The lowest BCUT2D eigenvalue weighted by Crippen LogP contribution is -2.28. The molecule has 0 amide bonds. The Morgan fingerprint density at radius 2 is 2.00 bits per heavy atom. The second-order valence-corrected chi connectivity index (χ2v) is 5.70. The number of nitrogens with one attached hydrogen (secondary N) is 2. The molecule has 2 unspecified atom stereocenters. The standard InChI is InChI=1S/C15H26N4O/c1-6-16-14-10(4)15(19-13(18-14)9(2)3)17-12-7-8-20-11(12)5/h9,11-12H,6-8H2,1-5H3,(H2,16,17,18,19). The predicted molar refractivity (Wildman–Crippen MR) is 82.5 cm³/mol. The zero-order chi connectivity index (χ0) is 14.7. The Hall–Kier alpha value is -1.36. The van der Waals surface area contributed by atoms with Crippen molar-refractivity contribution in [1.29, 1.82) is 0 Å². The van der Waals surface area contributed by atoms with Gasteiger partial charge < -0.3 is 15.4 Å². The first-order chi connectivity index (χ1) is 9.52. The Morgan fingerprint density at radius 3 is 2.55 bits per heavy atom. The molecule has 1 aliphatic rings. The highest BCUT2D eigenvalue weighted by atomic mass is 16.5. The Balaban J connectivity index is 2.29. The number of aromatic nitrogens is 2. The molecule has 112 valence electrons. The van der Waals surface area contributed by atoms with Crippen molar-refractivity contribution in [3.05, 3.63) is 11.4 Å². The molecule has 20 heavy (non-hydrogen) atoms. The zero-order valence-corrected chi connectivity index (χ0v) is 13.2. The lowest BCUT2D eigenvalue weighted by molar-refractivity contribution is 0.121. The quantitative estimate of drug-likeness (QED) is 0.867. The molecular formula is C15H26N4O. The van der Waals surface area contributed by atoms with Crippen LogP contribution in [0, 0.1) is 6.92 Å². The fourth-order valence-electron chi connectivity index (χ4n) is 2.37. The van der Waals surface area contributed by atoms with Gasteiger partial charge in [0, 0.05) is 24.6 Å². The van der Waals surface area contributed by atoms with Crippen molar-refractivity contribution in [3.8, 4) is 0 Å². The molecule has 0 saturated carbocycles. The van der Waals surface area contributed by atoms with Crippen molar-refractivity contribution < 1.29 is 4.74 Å². The normalized spacial score (nSPS) is 22.3. The Bertz CT molecular complexity index is 461. The van der Waals surface area contributed by atoms with Crippen molar-refractivity contribution in [2.75, 3.05) is 23.8 Å². The average molecular weight is 278 g/mol. The minimum Gasteiger partial charge on any atom is -0.376 e. The van der Waals surface area contributed by atoms with E-state index >= 15 is 0 Å². The highest BCUT2D eigenvalue weighted by Crippen LogP contribution is 2.26. The number of hydrogen-bond donors (Lipinski definition) is 2. The van der Waals surface area contributed by atoms with Crippen LogP contribution in [0.1, 0.15) is 51.4 Å². The summed E-state index contributed by atoms with van der Waals surface area (Å²) in [4.78, 5) is 9.32. The molecule has 1 saturated heterocycles. The second-order valence-electron chi connectivity index (χ2n) is 5.70. The van der Waals surface area contributed by atoms with Crippen molar-refractivity contribution >= 4 is 11.6 Å². The van der Waals surface area contributed by atoms with Crippen LogP contribution in [0.2, 0.25) is 0 Å². The fraction of sp³-hybridized carbons (Fsp3) is 0.733. The minimum absolute atomic E-state index is 0.231. The number of hydrogen-bond acceptors (Lipinski definition) is 5. The maximum absolute atomic E-state index is 5.61. The van der Waals surface area contributed by atoms with E-state index in [0.29, 0.717) is 12.0 Å². The third-order valence-corrected chi connectivity index (χ3v) is 3.72. The van der Waals surface area contributed by atoms with Crippen molar-refractivity contribution in [3.63, 3.8) is 0 Å². The van der Waals surface area contributed by atoms with Crippen LogP contribution in [0.15, 0.2) is 0 Å². The van der Waals surface area contributed by atoms with Crippen molar-refractivity contribution in [2.45, 2.75) is 59.1 Å². The van der Waals surface area contributed by atoms with Gasteiger partial charge in [-0.15, -0.1) is 0 Å². The maximum atomic E-state index is 5.61. The van der Waals surface area contributed by atoms with Crippen LogP contribution in [0.5, 0.6) is 0 Å². The smallest absolute Gasteiger partial charge is 0.135 e. The monoisotopic (exact) mass is 278 g/mol. The lowest BCUT2D eigenvalue weighted by atomic mass is 10.1. The highest BCUT2D eigenvalue weighted by molar-refractivity contribution is 5.58. The molecule has 0 radical (unpaired) electrons. The minimum atomic E-state index is 0.231. The van der Waals surface area contributed by atoms with Gasteiger partial charge in [-0.1, -0.05) is 13.8 Å². The highest BCUT2D eigenvalue weighted by Gasteiger charge is 2.25. The molecule has 1 aromatic rings. The number of rotatable bonds is 5. The van der Waals surface area contributed by atoms with Gasteiger partial charge in [0.2, 0.25) is 0 Å². The third-order valence-electron chi connectivity index (χ3n) is 3.72. The molecule has 1 aromatic heterocycles.